The maximum absolute atomic E-state index is 5.49. The average molecular weight is 272 g/mol. The minimum atomic E-state index is 0.261. The van der Waals surface area contributed by atoms with Crippen LogP contribution in [0.25, 0.3) is 0 Å². The zero-order chi connectivity index (χ0) is 14.4. The van der Waals surface area contributed by atoms with Crippen LogP contribution >= 0.6 is 0 Å². The van der Waals surface area contributed by atoms with Gasteiger partial charge in [0.1, 0.15) is 11.6 Å². The molecule has 0 aliphatic heterocycles. The van der Waals surface area contributed by atoms with Gasteiger partial charge in [0.05, 0.1) is 6.61 Å². The van der Waals surface area contributed by atoms with Crippen LogP contribution in [-0.2, 0) is 6.54 Å². The molecule has 0 atom stereocenters. The molecule has 0 unspecified atom stereocenters. The molecule has 0 aromatic carbocycles. The predicted molar refractivity (Wildman–Crippen MR) is 78.9 cm³/mol. The first-order valence-corrected chi connectivity index (χ1v) is 6.83. The van der Waals surface area contributed by atoms with Gasteiger partial charge in [-0.05, 0) is 24.6 Å². The Morgan fingerprint density at radius 2 is 1.95 bits per heavy atom. The molecule has 5 heteroatoms. The number of nitrogens with one attached hydrogen (secondary N) is 1. The summed E-state index contributed by atoms with van der Waals surface area (Å²) in [6.45, 7) is 7.37. The molecular formula is C15H20N4O. The lowest BCUT2D eigenvalue weighted by molar-refractivity contribution is 0.324. The summed E-state index contributed by atoms with van der Waals surface area (Å²) in [4.78, 5) is 12.9. The third kappa shape index (κ3) is 3.91. The normalized spacial score (nSPS) is 10.6. The minimum Gasteiger partial charge on any atom is -0.478 e. The third-order valence-corrected chi connectivity index (χ3v) is 2.75. The summed E-state index contributed by atoms with van der Waals surface area (Å²) in [7, 11) is 0. The van der Waals surface area contributed by atoms with Gasteiger partial charge in [0.25, 0.3) is 0 Å². The highest BCUT2D eigenvalue weighted by Crippen LogP contribution is 2.19. The van der Waals surface area contributed by atoms with Gasteiger partial charge in [-0.3, -0.25) is 4.98 Å². The third-order valence-electron chi connectivity index (χ3n) is 2.75. The van der Waals surface area contributed by atoms with E-state index in [4.69, 9.17) is 4.74 Å². The molecule has 0 aliphatic rings. The molecule has 0 amide bonds. The molecule has 0 radical (unpaired) electrons. The van der Waals surface area contributed by atoms with Crippen molar-refractivity contribution in [3.63, 3.8) is 0 Å². The Morgan fingerprint density at radius 3 is 2.60 bits per heavy atom. The van der Waals surface area contributed by atoms with E-state index in [1.54, 1.807) is 12.4 Å². The van der Waals surface area contributed by atoms with Crippen molar-refractivity contribution in [3.05, 3.63) is 42.0 Å². The van der Waals surface area contributed by atoms with Crippen LogP contribution in [0.4, 0.5) is 5.82 Å². The summed E-state index contributed by atoms with van der Waals surface area (Å²) in [6.07, 6.45) is 3.56. The van der Waals surface area contributed by atoms with Crippen LogP contribution in [0.1, 0.15) is 38.1 Å². The van der Waals surface area contributed by atoms with Gasteiger partial charge in [-0.15, -0.1) is 0 Å². The molecule has 20 heavy (non-hydrogen) atoms. The first kappa shape index (κ1) is 14.2. The van der Waals surface area contributed by atoms with Gasteiger partial charge >= 0.3 is 0 Å². The number of rotatable bonds is 6. The van der Waals surface area contributed by atoms with E-state index in [9.17, 15) is 0 Å². The Labute approximate surface area is 119 Å². The quantitative estimate of drug-likeness (QED) is 0.876. The van der Waals surface area contributed by atoms with E-state index in [0.717, 1.165) is 17.2 Å². The molecule has 0 bridgehead atoms. The lowest BCUT2D eigenvalue weighted by atomic mass is 10.2. The Kier molecular flexibility index (Phi) is 4.87. The van der Waals surface area contributed by atoms with Gasteiger partial charge in [0, 0.05) is 30.9 Å². The second-order valence-corrected chi connectivity index (χ2v) is 4.75. The van der Waals surface area contributed by atoms with E-state index >= 15 is 0 Å². The Balaban J connectivity index is 2.13. The van der Waals surface area contributed by atoms with E-state index in [1.807, 2.05) is 25.1 Å². The first-order chi connectivity index (χ1) is 9.69. The zero-order valence-corrected chi connectivity index (χ0v) is 12.1. The highest BCUT2D eigenvalue weighted by Gasteiger charge is 2.08. The van der Waals surface area contributed by atoms with Gasteiger partial charge in [-0.1, -0.05) is 13.8 Å². The first-order valence-electron chi connectivity index (χ1n) is 6.83. The monoisotopic (exact) mass is 272 g/mol. The maximum Gasteiger partial charge on any atom is 0.218 e. The van der Waals surface area contributed by atoms with Crippen LogP contribution in [0.3, 0.4) is 0 Å². The number of aromatic nitrogens is 3. The smallest absolute Gasteiger partial charge is 0.218 e. The van der Waals surface area contributed by atoms with Gasteiger partial charge < -0.3 is 10.1 Å². The van der Waals surface area contributed by atoms with Gasteiger partial charge in [-0.25, -0.2) is 4.98 Å². The summed E-state index contributed by atoms with van der Waals surface area (Å²) in [5, 5.41) is 3.30. The van der Waals surface area contributed by atoms with E-state index in [1.165, 1.54) is 0 Å². The molecule has 5 nitrogen and oxygen atoms in total. The van der Waals surface area contributed by atoms with Crippen molar-refractivity contribution in [1.82, 2.24) is 15.0 Å². The van der Waals surface area contributed by atoms with E-state index in [0.29, 0.717) is 19.0 Å². The molecule has 0 spiro atoms. The molecule has 1 N–H and O–H groups in total. The molecule has 2 rings (SSSR count). The fraction of sp³-hybridized carbons (Fsp3) is 0.400. The minimum absolute atomic E-state index is 0.261. The van der Waals surface area contributed by atoms with Crippen molar-refractivity contribution < 1.29 is 4.74 Å². The lowest BCUT2D eigenvalue weighted by Gasteiger charge is -2.11. The highest BCUT2D eigenvalue weighted by molar-refractivity contribution is 5.39. The van der Waals surface area contributed by atoms with Crippen molar-refractivity contribution in [1.29, 1.82) is 0 Å². The molecule has 0 saturated carbocycles. The van der Waals surface area contributed by atoms with Crippen LogP contribution in [0.2, 0.25) is 0 Å². The number of hydrogen-bond acceptors (Lipinski definition) is 5. The molecule has 106 valence electrons. The number of pyridine rings is 1. The summed E-state index contributed by atoms with van der Waals surface area (Å²) in [5.41, 5.74) is 1.16. The fourth-order valence-corrected chi connectivity index (χ4v) is 1.71. The average Bonchev–Trinajstić information content (AvgIpc) is 2.46. The fourth-order valence-electron chi connectivity index (χ4n) is 1.71. The van der Waals surface area contributed by atoms with E-state index < -0.39 is 0 Å². The SMILES string of the molecule is CCOc1cc(NCc2ccncc2)nc(C(C)C)n1. The number of hydrogen-bond donors (Lipinski definition) is 1. The van der Waals surface area contributed by atoms with Gasteiger partial charge in [0.2, 0.25) is 5.88 Å². The summed E-state index contributed by atoms with van der Waals surface area (Å²) < 4.78 is 5.49. The second kappa shape index (κ2) is 6.84. The van der Waals surface area contributed by atoms with Gasteiger partial charge in [0.15, 0.2) is 0 Å². The summed E-state index contributed by atoms with van der Waals surface area (Å²) >= 11 is 0. The maximum atomic E-state index is 5.49. The zero-order valence-electron chi connectivity index (χ0n) is 12.1. The van der Waals surface area contributed by atoms with Crippen molar-refractivity contribution in [2.45, 2.75) is 33.2 Å². The Hall–Kier alpha value is -2.17. The van der Waals surface area contributed by atoms with Crippen LogP contribution in [0, 0.1) is 0 Å². The molecule has 0 saturated heterocycles. The predicted octanol–water partition coefficient (Wildman–Crippen LogP) is 3.01. The van der Waals surface area contributed by atoms with Gasteiger partial charge in [-0.2, -0.15) is 4.98 Å². The van der Waals surface area contributed by atoms with Crippen LogP contribution in [0.5, 0.6) is 5.88 Å². The largest absolute Gasteiger partial charge is 0.478 e. The molecule has 2 aromatic rings. The highest BCUT2D eigenvalue weighted by atomic mass is 16.5. The van der Waals surface area contributed by atoms with Crippen LogP contribution < -0.4 is 10.1 Å². The van der Waals surface area contributed by atoms with Crippen molar-refractivity contribution in [2.75, 3.05) is 11.9 Å². The van der Waals surface area contributed by atoms with Crippen molar-refractivity contribution >= 4 is 5.82 Å². The molecule has 2 aromatic heterocycles. The topological polar surface area (TPSA) is 59.9 Å². The Bertz CT molecular complexity index is 543. The van der Waals surface area contributed by atoms with E-state index in [2.05, 4.69) is 34.1 Å². The molecular weight excluding hydrogens is 252 g/mol. The summed E-state index contributed by atoms with van der Waals surface area (Å²) in [6, 6.07) is 5.78. The lowest BCUT2D eigenvalue weighted by Crippen LogP contribution is -2.07. The summed E-state index contributed by atoms with van der Waals surface area (Å²) in [5.74, 6) is 2.44. The van der Waals surface area contributed by atoms with Crippen molar-refractivity contribution in [2.24, 2.45) is 0 Å². The number of ether oxygens (including phenoxy) is 1. The number of nitrogens with zero attached hydrogens (tertiary/aromatic N) is 3. The van der Waals surface area contributed by atoms with Crippen LogP contribution in [0.15, 0.2) is 30.6 Å². The molecule has 0 aliphatic carbocycles. The Morgan fingerprint density at radius 1 is 1.20 bits per heavy atom. The molecule has 0 fully saturated rings. The number of anilines is 1. The molecule has 2 heterocycles. The van der Waals surface area contributed by atoms with Crippen LogP contribution in [-0.4, -0.2) is 21.6 Å². The van der Waals surface area contributed by atoms with E-state index in [-0.39, 0.29) is 5.92 Å². The second-order valence-electron chi connectivity index (χ2n) is 4.75. The standard InChI is InChI=1S/C15H20N4O/c1-4-20-14-9-13(18-15(19-14)11(2)3)17-10-12-5-7-16-8-6-12/h5-9,11H,4,10H2,1-3H3,(H,17,18,19). The van der Waals surface area contributed by atoms with Crippen molar-refractivity contribution in [3.8, 4) is 5.88 Å².